The molecule has 2 nitrogen and oxygen atoms in total. The summed E-state index contributed by atoms with van der Waals surface area (Å²) >= 11 is 0. The molecule has 0 spiro atoms. The standard InChI is InChI=1S/C11H10N2/c1-2-13-11-9-6-4-3-5-8(9)10(11)7-12/h2-7H,1,12H2/b10-7-,13-11-. The summed E-state index contributed by atoms with van der Waals surface area (Å²) in [5, 5.41) is 0. The number of allylic oxidation sites excluding steroid dienone is 1. The fraction of sp³-hybridized carbons (Fsp3) is 0. The smallest absolute Gasteiger partial charge is 0.0800 e. The SMILES string of the molecule is C=C/N=C1\C(=C/N)c2ccccc21. The summed E-state index contributed by atoms with van der Waals surface area (Å²) in [5.41, 5.74) is 9.76. The van der Waals surface area contributed by atoms with E-state index in [4.69, 9.17) is 5.73 Å². The van der Waals surface area contributed by atoms with Gasteiger partial charge in [-0.3, -0.25) is 4.99 Å². The molecule has 64 valence electrons. The van der Waals surface area contributed by atoms with Crippen molar-refractivity contribution in [3.05, 3.63) is 54.4 Å². The molecule has 2 N–H and O–H groups in total. The number of hydrogen-bond acceptors (Lipinski definition) is 2. The second kappa shape index (κ2) is 2.90. The molecule has 0 aliphatic heterocycles. The zero-order chi connectivity index (χ0) is 9.26. The maximum Gasteiger partial charge on any atom is 0.0800 e. The van der Waals surface area contributed by atoms with E-state index in [1.165, 1.54) is 11.8 Å². The highest BCUT2D eigenvalue weighted by Crippen LogP contribution is 2.33. The van der Waals surface area contributed by atoms with Crippen LogP contribution in [-0.4, -0.2) is 5.71 Å². The maximum absolute atomic E-state index is 5.49. The Balaban J connectivity index is 2.59. The molecule has 0 bridgehead atoms. The number of nitrogens with zero attached hydrogens (tertiary/aromatic N) is 1. The van der Waals surface area contributed by atoms with Crippen LogP contribution in [0.5, 0.6) is 0 Å². The Morgan fingerprint density at radius 1 is 1.23 bits per heavy atom. The molecule has 1 aromatic carbocycles. The van der Waals surface area contributed by atoms with E-state index in [1.807, 2.05) is 24.3 Å². The van der Waals surface area contributed by atoms with Gasteiger partial charge in [0, 0.05) is 23.5 Å². The van der Waals surface area contributed by atoms with Crippen LogP contribution in [0, 0.1) is 0 Å². The van der Waals surface area contributed by atoms with Gasteiger partial charge in [0.25, 0.3) is 0 Å². The van der Waals surface area contributed by atoms with Gasteiger partial charge in [0.05, 0.1) is 5.71 Å². The summed E-state index contributed by atoms with van der Waals surface area (Å²) in [5.74, 6) is 0. The molecular weight excluding hydrogens is 160 g/mol. The quantitative estimate of drug-likeness (QED) is 0.687. The number of nitrogens with two attached hydrogens (primary N) is 1. The summed E-state index contributed by atoms with van der Waals surface area (Å²) in [6.07, 6.45) is 3.12. The molecule has 0 saturated carbocycles. The van der Waals surface area contributed by atoms with Crippen LogP contribution >= 0.6 is 0 Å². The molecule has 0 amide bonds. The first kappa shape index (κ1) is 7.80. The summed E-state index contributed by atoms with van der Waals surface area (Å²) in [6, 6.07) is 8.05. The van der Waals surface area contributed by atoms with Crippen LogP contribution in [0.1, 0.15) is 11.1 Å². The summed E-state index contributed by atoms with van der Waals surface area (Å²) < 4.78 is 0. The van der Waals surface area contributed by atoms with Gasteiger partial charge in [-0.1, -0.05) is 30.8 Å². The van der Waals surface area contributed by atoms with Crippen molar-refractivity contribution < 1.29 is 0 Å². The van der Waals surface area contributed by atoms with E-state index in [0.717, 1.165) is 16.8 Å². The third kappa shape index (κ3) is 0.991. The number of benzene rings is 1. The van der Waals surface area contributed by atoms with Crippen molar-refractivity contribution in [1.82, 2.24) is 0 Å². The third-order valence-corrected chi connectivity index (χ3v) is 2.11. The van der Waals surface area contributed by atoms with Crippen molar-refractivity contribution >= 4 is 11.3 Å². The Hall–Kier alpha value is -1.83. The van der Waals surface area contributed by atoms with Gasteiger partial charge < -0.3 is 5.73 Å². The van der Waals surface area contributed by atoms with Crippen molar-refractivity contribution in [2.45, 2.75) is 0 Å². The number of hydrogen-bond donors (Lipinski definition) is 1. The van der Waals surface area contributed by atoms with Crippen molar-refractivity contribution in [1.29, 1.82) is 0 Å². The average molecular weight is 170 g/mol. The minimum absolute atomic E-state index is 0.938. The molecule has 0 aromatic heterocycles. The Labute approximate surface area is 77.1 Å². The van der Waals surface area contributed by atoms with Crippen molar-refractivity contribution in [3.63, 3.8) is 0 Å². The first-order chi connectivity index (χ1) is 6.38. The summed E-state index contributed by atoms with van der Waals surface area (Å²) in [4.78, 5) is 4.16. The van der Waals surface area contributed by atoms with E-state index in [0.29, 0.717) is 0 Å². The topological polar surface area (TPSA) is 38.4 Å². The van der Waals surface area contributed by atoms with Crippen molar-refractivity contribution in [3.8, 4) is 0 Å². The lowest BCUT2D eigenvalue weighted by molar-refractivity contribution is 1.44. The lowest BCUT2D eigenvalue weighted by Crippen LogP contribution is -2.19. The molecule has 0 saturated heterocycles. The minimum atomic E-state index is 0.938. The van der Waals surface area contributed by atoms with Crippen LogP contribution in [0.2, 0.25) is 0 Å². The van der Waals surface area contributed by atoms with Gasteiger partial charge >= 0.3 is 0 Å². The maximum atomic E-state index is 5.49. The second-order valence-electron chi connectivity index (χ2n) is 2.79. The van der Waals surface area contributed by atoms with Gasteiger partial charge in [0.15, 0.2) is 0 Å². The lowest BCUT2D eigenvalue weighted by atomic mass is 9.81. The molecule has 1 aliphatic carbocycles. The van der Waals surface area contributed by atoms with E-state index in [2.05, 4.69) is 11.6 Å². The Morgan fingerprint density at radius 2 is 1.92 bits per heavy atom. The van der Waals surface area contributed by atoms with Crippen molar-refractivity contribution in [2.75, 3.05) is 0 Å². The second-order valence-corrected chi connectivity index (χ2v) is 2.79. The van der Waals surface area contributed by atoms with Gasteiger partial charge in [-0.25, -0.2) is 0 Å². The predicted molar refractivity (Wildman–Crippen MR) is 55.3 cm³/mol. The monoisotopic (exact) mass is 170 g/mol. The van der Waals surface area contributed by atoms with Crippen LogP contribution in [-0.2, 0) is 0 Å². The van der Waals surface area contributed by atoms with E-state index in [-0.39, 0.29) is 0 Å². The van der Waals surface area contributed by atoms with Gasteiger partial charge in [-0.15, -0.1) is 0 Å². The predicted octanol–water partition coefficient (Wildman–Crippen LogP) is 1.93. The van der Waals surface area contributed by atoms with Gasteiger partial charge in [0.2, 0.25) is 0 Å². The van der Waals surface area contributed by atoms with Gasteiger partial charge in [0.1, 0.15) is 0 Å². The molecule has 2 heteroatoms. The Kier molecular flexibility index (Phi) is 1.74. The molecule has 1 aliphatic rings. The number of fused-ring (bicyclic) bond motifs is 1. The van der Waals surface area contributed by atoms with E-state index >= 15 is 0 Å². The average Bonchev–Trinajstić information content (AvgIpc) is 2.16. The normalized spacial score (nSPS) is 19.7. The van der Waals surface area contributed by atoms with E-state index < -0.39 is 0 Å². The van der Waals surface area contributed by atoms with Crippen LogP contribution in [0.4, 0.5) is 0 Å². The van der Waals surface area contributed by atoms with Crippen LogP contribution < -0.4 is 5.73 Å². The van der Waals surface area contributed by atoms with E-state index in [9.17, 15) is 0 Å². The van der Waals surface area contributed by atoms with Crippen LogP contribution in [0.25, 0.3) is 5.57 Å². The van der Waals surface area contributed by atoms with Crippen LogP contribution in [0.3, 0.4) is 0 Å². The van der Waals surface area contributed by atoms with Gasteiger partial charge in [-0.2, -0.15) is 0 Å². The zero-order valence-corrected chi connectivity index (χ0v) is 7.20. The highest BCUT2D eigenvalue weighted by molar-refractivity contribution is 6.41. The molecule has 0 radical (unpaired) electrons. The first-order valence-corrected chi connectivity index (χ1v) is 4.09. The zero-order valence-electron chi connectivity index (χ0n) is 7.20. The number of rotatable bonds is 1. The molecule has 0 heterocycles. The molecule has 0 fully saturated rings. The third-order valence-electron chi connectivity index (χ3n) is 2.11. The molecule has 2 rings (SSSR count). The molecular formula is C11H10N2. The molecule has 1 aromatic rings. The highest BCUT2D eigenvalue weighted by Gasteiger charge is 2.25. The highest BCUT2D eigenvalue weighted by atomic mass is 14.7. The summed E-state index contributed by atoms with van der Waals surface area (Å²) in [7, 11) is 0. The Bertz CT molecular complexity index is 414. The van der Waals surface area contributed by atoms with Crippen molar-refractivity contribution in [2.24, 2.45) is 10.7 Å². The molecule has 0 unspecified atom stereocenters. The van der Waals surface area contributed by atoms with Gasteiger partial charge in [-0.05, 0) is 5.56 Å². The first-order valence-electron chi connectivity index (χ1n) is 4.09. The van der Waals surface area contributed by atoms with E-state index in [1.54, 1.807) is 6.20 Å². The minimum Gasteiger partial charge on any atom is -0.404 e. The molecule has 13 heavy (non-hydrogen) atoms. The fourth-order valence-corrected chi connectivity index (χ4v) is 1.53. The van der Waals surface area contributed by atoms with Crippen LogP contribution in [0.15, 0.2) is 48.2 Å². The molecule has 0 atom stereocenters. The lowest BCUT2D eigenvalue weighted by Gasteiger charge is -2.23. The fourth-order valence-electron chi connectivity index (χ4n) is 1.53. The summed E-state index contributed by atoms with van der Waals surface area (Å²) in [6.45, 7) is 3.57. The largest absolute Gasteiger partial charge is 0.404 e. The Morgan fingerprint density at radius 3 is 2.54 bits per heavy atom. The number of aliphatic imine (C=N–C) groups is 1.